The lowest BCUT2D eigenvalue weighted by atomic mass is 9.94. The smallest absolute Gasteiger partial charge is 0.306 e. The SMILES string of the molecule is CC[C@H](C)CC(=O)N(C)[C@H](CC(NC(C)=O)c1nc(C(=O)N[C@@H](Cc2ccccc2)C[C@H](C)C(=O)O)cs1)C(C)C. The van der Waals surface area contributed by atoms with Gasteiger partial charge in [-0.3, -0.25) is 19.2 Å². The molecule has 0 bridgehead atoms. The van der Waals surface area contributed by atoms with E-state index < -0.39 is 29.9 Å². The van der Waals surface area contributed by atoms with Crippen LogP contribution >= 0.6 is 11.3 Å². The highest BCUT2D eigenvalue weighted by Gasteiger charge is 2.30. The standard InChI is InChI=1S/C31H46N4O5S/c1-8-20(4)14-28(37)35(7)27(19(2)3)17-25(32-22(6)36)30-34-26(18-41-30)29(38)33-24(15-21(5)31(39)40)16-23-12-10-9-11-13-23/h9-13,18-21,24-25,27H,8,14-17H2,1-7H3,(H,32,36)(H,33,38)(H,39,40)/t20-,21-,24+,25?,27+/m0/s1. The van der Waals surface area contributed by atoms with Gasteiger partial charge < -0.3 is 20.6 Å². The number of carboxylic acids is 1. The fourth-order valence-electron chi connectivity index (χ4n) is 4.79. The maximum absolute atomic E-state index is 13.3. The van der Waals surface area contributed by atoms with Crippen molar-refractivity contribution in [2.24, 2.45) is 17.8 Å². The Balaban J connectivity index is 2.24. The van der Waals surface area contributed by atoms with Gasteiger partial charge in [0.25, 0.3) is 5.91 Å². The Kier molecular flexibility index (Phi) is 13.4. The van der Waals surface area contributed by atoms with Crippen LogP contribution in [0.25, 0.3) is 0 Å². The number of carbonyl (C=O) groups excluding carboxylic acids is 3. The largest absolute Gasteiger partial charge is 0.481 e. The zero-order valence-electron chi connectivity index (χ0n) is 25.3. The summed E-state index contributed by atoms with van der Waals surface area (Å²) in [7, 11) is 1.81. The van der Waals surface area contributed by atoms with E-state index in [9.17, 15) is 24.3 Å². The van der Waals surface area contributed by atoms with Crippen molar-refractivity contribution in [3.8, 4) is 0 Å². The van der Waals surface area contributed by atoms with E-state index in [1.807, 2.05) is 51.2 Å². The van der Waals surface area contributed by atoms with Gasteiger partial charge in [0.1, 0.15) is 10.7 Å². The molecule has 1 aromatic carbocycles. The highest BCUT2D eigenvalue weighted by molar-refractivity contribution is 7.09. The number of amides is 3. The molecule has 1 aromatic heterocycles. The average Bonchev–Trinajstić information content (AvgIpc) is 3.41. The monoisotopic (exact) mass is 586 g/mol. The van der Waals surface area contributed by atoms with Crippen LogP contribution in [0.1, 0.15) is 94.3 Å². The molecule has 0 saturated heterocycles. The molecular formula is C31H46N4O5S. The molecule has 0 aliphatic carbocycles. The molecule has 3 N–H and O–H groups in total. The van der Waals surface area contributed by atoms with Crippen LogP contribution in [0.15, 0.2) is 35.7 Å². The van der Waals surface area contributed by atoms with Gasteiger partial charge >= 0.3 is 5.97 Å². The van der Waals surface area contributed by atoms with E-state index in [-0.39, 0.29) is 41.8 Å². The summed E-state index contributed by atoms with van der Waals surface area (Å²) in [6.45, 7) is 11.3. The first-order valence-electron chi connectivity index (χ1n) is 14.4. The van der Waals surface area contributed by atoms with E-state index in [1.54, 1.807) is 17.2 Å². The fourth-order valence-corrected chi connectivity index (χ4v) is 5.65. The summed E-state index contributed by atoms with van der Waals surface area (Å²) < 4.78 is 0. The molecule has 3 amide bonds. The summed E-state index contributed by atoms with van der Waals surface area (Å²) >= 11 is 1.28. The van der Waals surface area contributed by atoms with Gasteiger partial charge in [0.2, 0.25) is 11.8 Å². The maximum atomic E-state index is 13.3. The van der Waals surface area contributed by atoms with Crippen molar-refractivity contribution in [2.45, 2.75) is 91.8 Å². The van der Waals surface area contributed by atoms with Crippen molar-refractivity contribution < 1.29 is 24.3 Å². The van der Waals surface area contributed by atoms with Crippen molar-refractivity contribution in [3.63, 3.8) is 0 Å². The van der Waals surface area contributed by atoms with Crippen LogP contribution < -0.4 is 10.6 Å². The summed E-state index contributed by atoms with van der Waals surface area (Å²) in [5.41, 5.74) is 1.20. The first kappa shape index (κ1) is 33.9. The average molecular weight is 587 g/mol. The number of aliphatic carboxylic acids is 1. The number of carboxylic acid groups (broad SMARTS) is 1. The Hall–Kier alpha value is -3.27. The van der Waals surface area contributed by atoms with Crippen LogP contribution in [0.5, 0.6) is 0 Å². The molecule has 5 atom stereocenters. The van der Waals surface area contributed by atoms with E-state index in [0.29, 0.717) is 24.3 Å². The van der Waals surface area contributed by atoms with E-state index in [2.05, 4.69) is 29.5 Å². The molecule has 0 radical (unpaired) electrons. The Bertz CT molecular complexity index is 1150. The third kappa shape index (κ3) is 10.9. The molecule has 0 aliphatic rings. The topological polar surface area (TPSA) is 129 Å². The van der Waals surface area contributed by atoms with Gasteiger partial charge in [0, 0.05) is 37.9 Å². The summed E-state index contributed by atoms with van der Waals surface area (Å²) in [6.07, 6.45) is 2.61. The lowest BCUT2D eigenvalue weighted by molar-refractivity contribution is -0.141. The Morgan fingerprint density at radius 1 is 1.02 bits per heavy atom. The van der Waals surface area contributed by atoms with Gasteiger partial charge in [0.05, 0.1) is 12.0 Å². The van der Waals surface area contributed by atoms with E-state index in [4.69, 9.17) is 0 Å². The number of carbonyl (C=O) groups is 4. The summed E-state index contributed by atoms with van der Waals surface area (Å²) in [4.78, 5) is 56.3. The zero-order valence-corrected chi connectivity index (χ0v) is 26.2. The molecule has 226 valence electrons. The van der Waals surface area contributed by atoms with Crippen LogP contribution in [-0.2, 0) is 20.8 Å². The minimum atomic E-state index is -0.918. The van der Waals surface area contributed by atoms with E-state index >= 15 is 0 Å². The summed E-state index contributed by atoms with van der Waals surface area (Å²) in [6, 6.07) is 8.59. The van der Waals surface area contributed by atoms with E-state index in [1.165, 1.54) is 18.3 Å². The van der Waals surface area contributed by atoms with Crippen molar-refractivity contribution in [1.29, 1.82) is 0 Å². The predicted octanol–water partition coefficient (Wildman–Crippen LogP) is 5.08. The number of hydrogen-bond acceptors (Lipinski definition) is 6. The minimum absolute atomic E-state index is 0.0684. The van der Waals surface area contributed by atoms with Gasteiger partial charge in [-0.25, -0.2) is 4.98 Å². The van der Waals surface area contributed by atoms with Crippen molar-refractivity contribution in [2.75, 3.05) is 7.05 Å². The highest BCUT2D eigenvalue weighted by atomic mass is 32.1. The summed E-state index contributed by atoms with van der Waals surface area (Å²) in [5.74, 6) is -1.68. The highest BCUT2D eigenvalue weighted by Crippen LogP contribution is 2.28. The number of nitrogens with zero attached hydrogens (tertiary/aromatic N) is 2. The Morgan fingerprint density at radius 3 is 2.24 bits per heavy atom. The molecule has 2 aromatic rings. The van der Waals surface area contributed by atoms with Gasteiger partial charge in [0.15, 0.2) is 0 Å². The number of nitrogens with one attached hydrogen (secondary N) is 2. The van der Waals surface area contributed by atoms with Gasteiger partial charge in [-0.1, -0.05) is 71.4 Å². The molecule has 0 aliphatic heterocycles. The molecule has 1 unspecified atom stereocenters. The quantitative estimate of drug-likeness (QED) is 0.252. The third-order valence-corrected chi connectivity index (χ3v) is 8.47. The van der Waals surface area contributed by atoms with Gasteiger partial charge in [-0.05, 0) is 36.7 Å². The molecule has 9 nitrogen and oxygen atoms in total. The number of thiazole rings is 1. The van der Waals surface area contributed by atoms with Gasteiger partial charge in [-0.15, -0.1) is 11.3 Å². The maximum Gasteiger partial charge on any atom is 0.306 e. The molecule has 0 saturated carbocycles. The second kappa shape index (κ2) is 16.2. The molecule has 1 heterocycles. The molecule has 0 fully saturated rings. The van der Waals surface area contributed by atoms with Crippen LogP contribution in [-0.4, -0.2) is 57.8 Å². The van der Waals surface area contributed by atoms with Gasteiger partial charge in [-0.2, -0.15) is 0 Å². The number of hydrogen-bond donors (Lipinski definition) is 3. The second-order valence-electron chi connectivity index (χ2n) is 11.4. The molecular weight excluding hydrogens is 540 g/mol. The Morgan fingerprint density at radius 2 is 1.68 bits per heavy atom. The zero-order chi connectivity index (χ0) is 30.7. The lowest BCUT2D eigenvalue weighted by Crippen LogP contribution is -2.43. The number of rotatable bonds is 16. The predicted molar refractivity (Wildman–Crippen MR) is 162 cm³/mol. The Labute approximate surface area is 248 Å². The minimum Gasteiger partial charge on any atom is -0.481 e. The normalized spacial score (nSPS) is 14.9. The number of benzene rings is 1. The first-order chi connectivity index (χ1) is 19.3. The number of aromatic nitrogens is 1. The van der Waals surface area contributed by atoms with E-state index in [0.717, 1.165) is 12.0 Å². The summed E-state index contributed by atoms with van der Waals surface area (Å²) in [5, 5.41) is 17.6. The fraction of sp³-hybridized carbons (Fsp3) is 0.581. The van der Waals surface area contributed by atoms with Crippen LogP contribution in [0, 0.1) is 17.8 Å². The van der Waals surface area contributed by atoms with Crippen molar-refractivity contribution in [1.82, 2.24) is 20.5 Å². The lowest BCUT2D eigenvalue weighted by Gasteiger charge is -2.34. The van der Waals surface area contributed by atoms with Crippen LogP contribution in [0.4, 0.5) is 0 Å². The molecule has 10 heteroatoms. The molecule has 0 spiro atoms. The molecule has 2 rings (SSSR count). The van der Waals surface area contributed by atoms with Crippen molar-refractivity contribution >= 4 is 35.0 Å². The van der Waals surface area contributed by atoms with Crippen LogP contribution in [0.3, 0.4) is 0 Å². The molecule has 41 heavy (non-hydrogen) atoms. The van der Waals surface area contributed by atoms with Crippen molar-refractivity contribution in [3.05, 3.63) is 52.0 Å². The van der Waals surface area contributed by atoms with Crippen LogP contribution in [0.2, 0.25) is 0 Å². The second-order valence-corrected chi connectivity index (χ2v) is 12.3. The third-order valence-electron chi connectivity index (χ3n) is 7.51. The first-order valence-corrected chi connectivity index (χ1v) is 15.3.